The number of benzene rings is 1. The van der Waals surface area contributed by atoms with Crippen molar-refractivity contribution in [2.24, 2.45) is 11.8 Å². The van der Waals surface area contributed by atoms with Gasteiger partial charge >= 0.3 is 0 Å². The zero-order valence-corrected chi connectivity index (χ0v) is 12.4. The molecule has 3 aliphatic heterocycles. The Balaban J connectivity index is 1.76. The van der Waals surface area contributed by atoms with Crippen molar-refractivity contribution in [3.63, 3.8) is 0 Å². The highest BCUT2D eigenvalue weighted by Gasteiger charge is 2.67. The van der Waals surface area contributed by atoms with E-state index < -0.39 is 23.5 Å². The van der Waals surface area contributed by atoms with Gasteiger partial charge in [-0.25, -0.2) is 4.90 Å². The molecule has 1 aromatic rings. The van der Waals surface area contributed by atoms with Gasteiger partial charge in [-0.15, -0.1) is 0 Å². The van der Waals surface area contributed by atoms with Gasteiger partial charge in [-0.2, -0.15) is 0 Å². The first-order chi connectivity index (χ1) is 11.0. The van der Waals surface area contributed by atoms with E-state index in [4.69, 9.17) is 4.74 Å². The molecule has 6 nitrogen and oxygen atoms in total. The zero-order valence-electron chi connectivity index (χ0n) is 12.4. The summed E-state index contributed by atoms with van der Waals surface area (Å²) in [5.41, 5.74) is -0.279. The van der Waals surface area contributed by atoms with Gasteiger partial charge in [0.1, 0.15) is 5.60 Å². The van der Waals surface area contributed by atoms with Crippen LogP contribution in [0.5, 0.6) is 0 Å². The van der Waals surface area contributed by atoms with E-state index in [2.05, 4.69) is 0 Å². The standard InChI is InChI=1S/C17H15NO5/c1-9(20)10-3-2-4-11(7-10)18-15(21)13-12-5-6-17(8-19,23-12)14(13)16(18)22/h2-7,12-14,19H,8H2,1H3/t12-,13-,14+,17+/m1/s1. The monoisotopic (exact) mass is 313 g/mol. The Labute approximate surface area is 132 Å². The van der Waals surface area contributed by atoms with Crippen molar-refractivity contribution in [1.29, 1.82) is 0 Å². The highest BCUT2D eigenvalue weighted by atomic mass is 16.5. The Morgan fingerprint density at radius 1 is 1.35 bits per heavy atom. The van der Waals surface area contributed by atoms with Crippen molar-refractivity contribution < 1.29 is 24.2 Å². The Morgan fingerprint density at radius 2 is 2.13 bits per heavy atom. The minimum Gasteiger partial charge on any atom is -0.393 e. The number of amides is 2. The van der Waals surface area contributed by atoms with Crippen LogP contribution >= 0.6 is 0 Å². The highest BCUT2D eigenvalue weighted by Crippen LogP contribution is 2.52. The van der Waals surface area contributed by atoms with Crippen LogP contribution in [0, 0.1) is 11.8 Å². The molecule has 0 saturated carbocycles. The molecular weight excluding hydrogens is 298 g/mol. The Bertz CT molecular complexity index is 770. The molecule has 2 fully saturated rings. The average molecular weight is 313 g/mol. The molecule has 4 rings (SSSR count). The van der Waals surface area contributed by atoms with E-state index in [0.717, 1.165) is 4.90 Å². The lowest BCUT2D eigenvalue weighted by atomic mass is 9.77. The second-order valence-electron chi connectivity index (χ2n) is 6.18. The van der Waals surface area contributed by atoms with Gasteiger partial charge in [0.05, 0.1) is 30.2 Å². The summed E-state index contributed by atoms with van der Waals surface area (Å²) in [5, 5.41) is 9.67. The first-order valence-corrected chi connectivity index (χ1v) is 7.45. The fourth-order valence-corrected chi connectivity index (χ4v) is 3.80. The van der Waals surface area contributed by atoms with Crippen molar-refractivity contribution >= 4 is 23.3 Å². The number of imide groups is 1. The Hall–Kier alpha value is -2.31. The largest absolute Gasteiger partial charge is 0.393 e. The third-order valence-corrected chi connectivity index (χ3v) is 4.91. The number of ether oxygens (including phenoxy) is 1. The first kappa shape index (κ1) is 14.3. The number of rotatable bonds is 3. The fraction of sp³-hybridized carbons (Fsp3) is 0.353. The molecule has 6 heteroatoms. The maximum Gasteiger partial charge on any atom is 0.241 e. The topological polar surface area (TPSA) is 83.9 Å². The van der Waals surface area contributed by atoms with Crippen LogP contribution in [-0.2, 0) is 14.3 Å². The summed E-state index contributed by atoms with van der Waals surface area (Å²) in [4.78, 5) is 38.2. The third kappa shape index (κ3) is 1.73. The fourth-order valence-electron chi connectivity index (χ4n) is 3.80. The molecule has 2 saturated heterocycles. The average Bonchev–Trinajstić information content (AvgIpc) is 3.18. The quantitative estimate of drug-likeness (QED) is 0.504. The summed E-state index contributed by atoms with van der Waals surface area (Å²) < 4.78 is 5.68. The van der Waals surface area contributed by atoms with E-state index in [1.165, 1.54) is 6.92 Å². The number of hydrogen-bond acceptors (Lipinski definition) is 5. The minimum atomic E-state index is -1.10. The molecule has 3 heterocycles. The van der Waals surface area contributed by atoms with Gasteiger partial charge in [0.2, 0.25) is 11.8 Å². The van der Waals surface area contributed by atoms with Crippen LogP contribution in [0.3, 0.4) is 0 Å². The summed E-state index contributed by atoms with van der Waals surface area (Å²) in [6, 6.07) is 6.46. The molecule has 1 N–H and O–H groups in total. The van der Waals surface area contributed by atoms with E-state index in [9.17, 15) is 19.5 Å². The van der Waals surface area contributed by atoms with Crippen LogP contribution < -0.4 is 4.90 Å². The van der Waals surface area contributed by atoms with Crippen LogP contribution in [0.2, 0.25) is 0 Å². The molecule has 2 amide bonds. The van der Waals surface area contributed by atoms with Crippen LogP contribution in [0.4, 0.5) is 5.69 Å². The number of fused-ring (bicyclic) bond motifs is 5. The molecule has 1 aromatic carbocycles. The second-order valence-corrected chi connectivity index (χ2v) is 6.18. The van der Waals surface area contributed by atoms with E-state index in [1.54, 1.807) is 36.4 Å². The molecule has 4 atom stereocenters. The first-order valence-electron chi connectivity index (χ1n) is 7.45. The molecule has 23 heavy (non-hydrogen) atoms. The molecule has 0 spiro atoms. The molecule has 0 aromatic heterocycles. The number of carbonyl (C=O) groups is 3. The van der Waals surface area contributed by atoms with Crippen LogP contribution in [-0.4, -0.2) is 41.0 Å². The number of Topliss-reactive ketones (excluding diaryl/α,β-unsaturated/α-hetero) is 1. The highest BCUT2D eigenvalue weighted by molar-refractivity contribution is 6.23. The number of aliphatic hydroxyl groups is 1. The summed E-state index contributed by atoms with van der Waals surface area (Å²) >= 11 is 0. The molecule has 0 radical (unpaired) electrons. The lowest BCUT2D eigenvalue weighted by molar-refractivity contribution is -0.128. The van der Waals surface area contributed by atoms with Gasteiger partial charge in [0.15, 0.2) is 5.78 Å². The van der Waals surface area contributed by atoms with Crippen LogP contribution in [0.25, 0.3) is 0 Å². The Morgan fingerprint density at radius 3 is 2.83 bits per heavy atom. The summed E-state index contributed by atoms with van der Waals surface area (Å²) in [5.74, 6) is -2.19. The molecule has 2 bridgehead atoms. The van der Waals surface area contributed by atoms with Crippen molar-refractivity contribution in [2.75, 3.05) is 11.5 Å². The minimum absolute atomic E-state index is 0.136. The molecule has 0 aliphatic carbocycles. The van der Waals surface area contributed by atoms with Crippen molar-refractivity contribution in [1.82, 2.24) is 0 Å². The lowest BCUT2D eigenvalue weighted by Gasteiger charge is -2.26. The second kappa shape index (κ2) is 4.59. The van der Waals surface area contributed by atoms with Crippen LogP contribution in [0.15, 0.2) is 36.4 Å². The summed E-state index contributed by atoms with van der Waals surface area (Å²) in [7, 11) is 0. The number of anilines is 1. The number of carbonyl (C=O) groups excluding carboxylic acids is 3. The number of nitrogens with zero attached hydrogens (tertiary/aromatic N) is 1. The van der Waals surface area contributed by atoms with Gasteiger partial charge in [-0.05, 0) is 19.1 Å². The van der Waals surface area contributed by atoms with Crippen molar-refractivity contribution in [3.05, 3.63) is 42.0 Å². The third-order valence-electron chi connectivity index (χ3n) is 4.91. The maximum atomic E-state index is 12.8. The Kier molecular flexibility index (Phi) is 2.86. The van der Waals surface area contributed by atoms with Gasteiger partial charge in [-0.3, -0.25) is 14.4 Å². The normalized spacial score (nSPS) is 34.3. The van der Waals surface area contributed by atoms with E-state index >= 15 is 0 Å². The van der Waals surface area contributed by atoms with E-state index in [0.29, 0.717) is 11.3 Å². The number of hydrogen-bond donors (Lipinski definition) is 1. The molecule has 0 unspecified atom stereocenters. The summed E-state index contributed by atoms with van der Waals surface area (Å²) in [6.07, 6.45) is 2.93. The number of aliphatic hydroxyl groups excluding tert-OH is 1. The zero-order chi connectivity index (χ0) is 16.4. The maximum absolute atomic E-state index is 12.8. The molecule has 3 aliphatic rings. The summed E-state index contributed by atoms with van der Waals surface area (Å²) in [6.45, 7) is 1.09. The SMILES string of the molecule is CC(=O)c1cccc(N2C(=O)[C@H]3[C@@H](C2=O)[C@@]2(CO)C=C[C@H]3O2)c1. The predicted octanol–water partition coefficient (Wildman–Crippen LogP) is 0.695. The predicted molar refractivity (Wildman–Crippen MR) is 79.7 cm³/mol. The smallest absolute Gasteiger partial charge is 0.241 e. The van der Waals surface area contributed by atoms with E-state index in [-0.39, 0.29) is 24.2 Å². The van der Waals surface area contributed by atoms with Crippen molar-refractivity contribution in [2.45, 2.75) is 18.6 Å². The molecular formula is C17H15NO5. The van der Waals surface area contributed by atoms with Gasteiger partial charge in [0, 0.05) is 5.56 Å². The van der Waals surface area contributed by atoms with Crippen LogP contribution in [0.1, 0.15) is 17.3 Å². The molecule has 118 valence electrons. The lowest BCUT2D eigenvalue weighted by Crippen LogP contribution is -2.43. The van der Waals surface area contributed by atoms with Gasteiger partial charge in [-0.1, -0.05) is 24.3 Å². The van der Waals surface area contributed by atoms with Gasteiger partial charge in [0.25, 0.3) is 0 Å². The number of ketones is 1. The van der Waals surface area contributed by atoms with Gasteiger partial charge < -0.3 is 9.84 Å². The van der Waals surface area contributed by atoms with E-state index in [1.807, 2.05) is 0 Å². The van der Waals surface area contributed by atoms with Crippen molar-refractivity contribution in [3.8, 4) is 0 Å².